The van der Waals surface area contributed by atoms with Gasteiger partial charge in [0.1, 0.15) is 5.75 Å². The highest BCUT2D eigenvalue weighted by Crippen LogP contribution is 2.32. The quantitative estimate of drug-likeness (QED) is 0.723. The van der Waals surface area contributed by atoms with Crippen molar-refractivity contribution in [2.24, 2.45) is 0 Å². The predicted molar refractivity (Wildman–Crippen MR) is 92.5 cm³/mol. The summed E-state index contributed by atoms with van der Waals surface area (Å²) in [4.78, 5) is 23.0. The van der Waals surface area contributed by atoms with Gasteiger partial charge in [0.15, 0.2) is 12.9 Å². The van der Waals surface area contributed by atoms with Gasteiger partial charge in [-0.15, -0.1) is 0 Å². The molecular weight excluding hydrogens is 414 g/mol. The van der Waals surface area contributed by atoms with E-state index < -0.39 is 0 Å². The van der Waals surface area contributed by atoms with Crippen molar-refractivity contribution >= 4 is 49.7 Å². The van der Waals surface area contributed by atoms with Crippen molar-refractivity contribution < 1.29 is 14.3 Å². The minimum atomic E-state index is -0.294. The Kier molecular flexibility index (Phi) is 5.74. The number of rotatable bonds is 5. The van der Waals surface area contributed by atoms with Crippen LogP contribution in [0.15, 0.2) is 45.3 Å². The first-order chi connectivity index (χ1) is 10.5. The molecule has 0 unspecified atom stereocenters. The van der Waals surface area contributed by atoms with Crippen LogP contribution in [-0.4, -0.2) is 18.8 Å². The van der Waals surface area contributed by atoms with Crippen molar-refractivity contribution in [1.82, 2.24) is 0 Å². The number of benzene rings is 2. The van der Waals surface area contributed by atoms with Crippen LogP contribution in [0.25, 0.3) is 0 Å². The van der Waals surface area contributed by atoms with Crippen molar-refractivity contribution in [2.75, 3.05) is 11.9 Å². The lowest BCUT2D eigenvalue weighted by Crippen LogP contribution is -2.20. The molecular formula is C16H13Br2NO3. The number of anilines is 1. The maximum absolute atomic E-state index is 11.9. The summed E-state index contributed by atoms with van der Waals surface area (Å²) in [7, 11) is 0. The first-order valence-electron chi connectivity index (χ1n) is 6.43. The monoisotopic (exact) mass is 425 g/mol. The second-order valence-corrected chi connectivity index (χ2v) is 6.40. The normalized spacial score (nSPS) is 10.1. The van der Waals surface area contributed by atoms with Crippen LogP contribution in [0.1, 0.15) is 15.9 Å². The molecule has 0 heterocycles. The zero-order chi connectivity index (χ0) is 16.1. The number of aryl methyl sites for hydroxylation is 1. The van der Waals surface area contributed by atoms with E-state index in [1.54, 1.807) is 18.2 Å². The number of hydrogen-bond donors (Lipinski definition) is 1. The van der Waals surface area contributed by atoms with Gasteiger partial charge in [-0.3, -0.25) is 9.59 Å². The third-order valence-corrected chi connectivity index (χ3v) is 3.86. The number of amides is 1. The number of carbonyl (C=O) groups excluding carboxylic acids is 2. The fraction of sp³-hybridized carbons (Fsp3) is 0.125. The van der Waals surface area contributed by atoms with E-state index in [0.717, 1.165) is 10.0 Å². The summed E-state index contributed by atoms with van der Waals surface area (Å²) in [6.45, 7) is 1.76. The summed E-state index contributed by atoms with van der Waals surface area (Å²) in [6.07, 6.45) is 0.684. The molecule has 0 aliphatic rings. The Morgan fingerprint density at radius 2 is 2.05 bits per heavy atom. The van der Waals surface area contributed by atoms with Crippen LogP contribution in [-0.2, 0) is 4.79 Å². The van der Waals surface area contributed by atoms with Crippen molar-refractivity contribution in [3.63, 3.8) is 0 Å². The number of ether oxygens (including phenoxy) is 1. The van der Waals surface area contributed by atoms with Crippen molar-refractivity contribution in [2.45, 2.75) is 6.92 Å². The first-order valence-corrected chi connectivity index (χ1v) is 8.01. The second-order valence-electron chi connectivity index (χ2n) is 4.63. The van der Waals surface area contributed by atoms with E-state index >= 15 is 0 Å². The molecule has 1 amide bonds. The van der Waals surface area contributed by atoms with Gasteiger partial charge in [0.2, 0.25) is 0 Å². The van der Waals surface area contributed by atoms with Crippen LogP contribution >= 0.6 is 31.9 Å². The fourth-order valence-corrected chi connectivity index (χ4v) is 3.25. The number of hydrogen-bond acceptors (Lipinski definition) is 3. The van der Waals surface area contributed by atoms with Gasteiger partial charge in [-0.25, -0.2) is 0 Å². The summed E-state index contributed by atoms with van der Waals surface area (Å²) < 4.78 is 6.82. The third-order valence-electron chi connectivity index (χ3n) is 2.81. The van der Waals surface area contributed by atoms with Crippen LogP contribution in [0, 0.1) is 6.92 Å². The summed E-state index contributed by atoms with van der Waals surface area (Å²) in [5, 5.41) is 2.74. The molecule has 2 aromatic carbocycles. The number of halogens is 2. The summed E-state index contributed by atoms with van der Waals surface area (Å²) >= 11 is 6.61. The smallest absolute Gasteiger partial charge is 0.262 e. The molecule has 0 fully saturated rings. The molecule has 0 bridgehead atoms. The van der Waals surface area contributed by atoms with Gasteiger partial charge < -0.3 is 10.1 Å². The maximum atomic E-state index is 11.9. The lowest BCUT2D eigenvalue weighted by molar-refractivity contribution is -0.118. The molecule has 2 aromatic rings. The molecule has 0 spiro atoms. The molecule has 2 rings (SSSR count). The van der Waals surface area contributed by atoms with Gasteiger partial charge in [-0.2, -0.15) is 0 Å². The maximum Gasteiger partial charge on any atom is 0.262 e. The number of carbonyl (C=O) groups is 2. The van der Waals surface area contributed by atoms with Crippen LogP contribution in [0.4, 0.5) is 5.69 Å². The van der Waals surface area contributed by atoms with Gasteiger partial charge in [0, 0.05) is 10.2 Å². The lowest BCUT2D eigenvalue weighted by atomic mass is 10.2. The Morgan fingerprint density at radius 3 is 2.73 bits per heavy atom. The van der Waals surface area contributed by atoms with E-state index in [2.05, 4.69) is 37.2 Å². The SMILES string of the molecule is Cc1cccc(NC(=O)COc2c(Br)cc(Br)cc2C=O)c1. The van der Waals surface area contributed by atoms with E-state index in [4.69, 9.17) is 4.74 Å². The van der Waals surface area contributed by atoms with Crippen molar-refractivity contribution in [1.29, 1.82) is 0 Å². The molecule has 0 radical (unpaired) electrons. The van der Waals surface area contributed by atoms with Gasteiger partial charge >= 0.3 is 0 Å². The van der Waals surface area contributed by atoms with Crippen molar-refractivity contribution in [3.05, 3.63) is 56.5 Å². The highest BCUT2D eigenvalue weighted by atomic mass is 79.9. The largest absolute Gasteiger partial charge is 0.482 e. The van der Waals surface area contributed by atoms with Crippen LogP contribution < -0.4 is 10.1 Å². The van der Waals surface area contributed by atoms with E-state index in [1.807, 2.05) is 25.1 Å². The lowest BCUT2D eigenvalue weighted by Gasteiger charge is -2.11. The van der Waals surface area contributed by atoms with Crippen LogP contribution in [0.5, 0.6) is 5.75 Å². The van der Waals surface area contributed by atoms with E-state index in [1.165, 1.54) is 0 Å². The van der Waals surface area contributed by atoms with Gasteiger partial charge in [-0.1, -0.05) is 28.1 Å². The zero-order valence-corrected chi connectivity index (χ0v) is 14.9. The van der Waals surface area contributed by atoms with E-state index in [-0.39, 0.29) is 12.5 Å². The average molecular weight is 427 g/mol. The molecule has 6 heteroatoms. The standard InChI is InChI=1S/C16H13Br2NO3/c1-10-3-2-4-13(5-10)19-15(21)9-22-16-11(8-20)6-12(17)7-14(16)18/h2-8H,9H2,1H3,(H,19,21). The van der Waals surface area contributed by atoms with E-state index in [0.29, 0.717) is 27.8 Å². The molecule has 0 aromatic heterocycles. The molecule has 0 atom stereocenters. The molecule has 22 heavy (non-hydrogen) atoms. The van der Waals surface area contributed by atoms with E-state index in [9.17, 15) is 9.59 Å². The molecule has 0 aliphatic carbocycles. The average Bonchev–Trinajstić information content (AvgIpc) is 2.45. The third kappa shape index (κ3) is 4.42. The summed E-state index contributed by atoms with van der Waals surface area (Å²) in [5.41, 5.74) is 2.13. The minimum absolute atomic E-state index is 0.186. The predicted octanol–water partition coefficient (Wildman–Crippen LogP) is 4.35. The fourth-order valence-electron chi connectivity index (χ4n) is 1.88. The second kappa shape index (κ2) is 7.56. The Balaban J connectivity index is 2.04. The summed E-state index contributed by atoms with van der Waals surface area (Å²) in [6, 6.07) is 10.9. The van der Waals surface area contributed by atoms with Gasteiger partial charge in [0.05, 0.1) is 10.0 Å². The topological polar surface area (TPSA) is 55.4 Å². The highest BCUT2D eigenvalue weighted by Gasteiger charge is 2.12. The Hall–Kier alpha value is -1.66. The van der Waals surface area contributed by atoms with Gasteiger partial charge in [-0.05, 0) is 52.7 Å². The Morgan fingerprint density at radius 1 is 1.27 bits per heavy atom. The zero-order valence-electron chi connectivity index (χ0n) is 11.7. The van der Waals surface area contributed by atoms with Gasteiger partial charge in [0.25, 0.3) is 5.91 Å². The Bertz CT molecular complexity index is 717. The molecule has 0 saturated carbocycles. The number of aldehydes is 1. The molecule has 0 saturated heterocycles. The van der Waals surface area contributed by atoms with Crippen LogP contribution in [0.3, 0.4) is 0 Å². The first kappa shape index (κ1) is 16.7. The molecule has 4 nitrogen and oxygen atoms in total. The highest BCUT2D eigenvalue weighted by molar-refractivity contribution is 9.11. The molecule has 0 aliphatic heterocycles. The summed E-state index contributed by atoms with van der Waals surface area (Å²) in [5.74, 6) is 0.0508. The van der Waals surface area contributed by atoms with Crippen molar-refractivity contribution in [3.8, 4) is 5.75 Å². The van der Waals surface area contributed by atoms with Crippen LogP contribution in [0.2, 0.25) is 0 Å². The Labute approximate surface area is 145 Å². The minimum Gasteiger partial charge on any atom is -0.482 e. The molecule has 1 N–H and O–H groups in total. The number of nitrogens with one attached hydrogen (secondary N) is 1. The molecule has 114 valence electrons.